The summed E-state index contributed by atoms with van der Waals surface area (Å²) in [4.78, 5) is 10.5. The van der Waals surface area contributed by atoms with Gasteiger partial charge in [-0.15, -0.1) is 0 Å². The zero-order valence-electron chi connectivity index (χ0n) is 23.5. The lowest BCUT2D eigenvalue weighted by Crippen LogP contribution is -2.14. The van der Waals surface area contributed by atoms with Crippen molar-refractivity contribution in [3.05, 3.63) is 139 Å². The van der Waals surface area contributed by atoms with Crippen molar-refractivity contribution in [3.63, 3.8) is 0 Å². The summed E-state index contributed by atoms with van der Waals surface area (Å²) in [6, 6.07) is 45.7. The first-order valence-corrected chi connectivity index (χ1v) is 14.5. The molecule has 2 aromatic heterocycles. The average molecular weight is 538 g/mol. The lowest BCUT2D eigenvalue weighted by molar-refractivity contribution is 0.660. The Labute approximate surface area is 243 Å². The molecule has 1 aliphatic rings. The van der Waals surface area contributed by atoms with Gasteiger partial charge in [-0.3, -0.25) is 4.57 Å². The maximum Gasteiger partial charge on any atom is 0.235 e. The highest BCUT2D eigenvalue weighted by atomic mass is 15.2. The standard InChI is InChI=1S/C39H27N3/c1-39(2)32-16-8-5-13-27(32)30-22-26(19-20-33(30)39)37-29-15-6-9-17-34(29)40-38(41-37)42-35-18-10-7-14-28(35)31-21-24-11-3-4-12-25(24)23-36(31)42/h3-23H,1-2H3. The minimum atomic E-state index is -0.0326. The van der Waals surface area contributed by atoms with Crippen LogP contribution in [0.1, 0.15) is 25.0 Å². The van der Waals surface area contributed by atoms with Crippen LogP contribution in [0.2, 0.25) is 0 Å². The van der Waals surface area contributed by atoms with Gasteiger partial charge in [0.25, 0.3) is 0 Å². The molecule has 3 heteroatoms. The monoisotopic (exact) mass is 537 g/mol. The van der Waals surface area contributed by atoms with E-state index >= 15 is 0 Å². The summed E-state index contributed by atoms with van der Waals surface area (Å²) in [6.07, 6.45) is 0. The number of fused-ring (bicyclic) bond motifs is 8. The molecule has 0 aliphatic heterocycles. The average Bonchev–Trinajstić information content (AvgIpc) is 3.47. The van der Waals surface area contributed by atoms with Gasteiger partial charge in [0.15, 0.2) is 0 Å². The van der Waals surface area contributed by atoms with Gasteiger partial charge in [0, 0.05) is 27.1 Å². The fourth-order valence-corrected chi connectivity index (χ4v) is 7.12. The molecule has 0 fully saturated rings. The van der Waals surface area contributed by atoms with Crippen molar-refractivity contribution in [1.82, 2.24) is 14.5 Å². The molecule has 0 radical (unpaired) electrons. The van der Waals surface area contributed by atoms with Crippen LogP contribution in [-0.4, -0.2) is 14.5 Å². The van der Waals surface area contributed by atoms with Gasteiger partial charge in [0.2, 0.25) is 5.95 Å². The molecule has 3 nitrogen and oxygen atoms in total. The van der Waals surface area contributed by atoms with E-state index in [0.29, 0.717) is 5.95 Å². The third kappa shape index (κ3) is 3.16. The highest BCUT2D eigenvalue weighted by Crippen LogP contribution is 2.49. The Bertz CT molecular complexity index is 2390. The van der Waals surface area contributed by atoms with E-state index in [9.17, 15) is 0 Å². The molecule has 0 saturated heterocycles. The van der Waals surface area contributed by atoms with Crippen LogP contribution < -0.4 is 0 Å². The summed E-state index contributed by atoms with van der Waals surface area (Å²) in [5.74, 6) is 0.686. The summed E-state index contributed by atoms with van der Waals surface area (Å²) >= 11 is 0. The van der Waals surface area contributed by atoms with Crippen LogP contribution in [0.25, 0.3) is 71.8 Å². The number of hydrogen-bond donors (Lipinski definition) is 0. The fourth-order valence-electron chi connectivity index (χ4n) is 7.12. The molecule has 198 valence electrons. The number of rotatable bonds is 2. The Kier molecular flexibility index (Phi) is 4.67. The summed E-state index contributed by atoms with van der Waals surface area (Å²) in [7, 11) is 0. The molecule has 0 N–H and O–H groups in total. The van der Waals surface area contributed by atoms with Crippen LogP contribution >= 0.6 is 0 Å². The van der Waals surface area contributed by atoms with Gasteiger partial charge >= 0.3 is 0 Å². The summed E-state index contributed by atoms with van der Waals surface area (Å²) in [6.45, 7) is 4.64. The van der Waals surface area contributed by atoms with E-state index < -0.39 is 0 Å². The minimum Gasteiger partial charge on any atom is -0.278 e. The summed E-state index contributed by atoms with van der Waals surface area (Å²) < 4.78 is 2.23. The van der Waals surface area contributed by atoms with Crippen LogP contribution in [0.4, 0.5) is 0 Å². The van der Waals surface area contributed by atoms with E-state index in [1.54, 1.807) is 0 Å². The van der Waals surface area contributed by atoms with Crippen molar-refractivity contribution in [2.24, 2.45) is 0 Å². The van der Waals surface area contributed by atoms with Crippen LogP contribution in [0, 0.1) is 0 Å². The largest absolute Gasteiger partial charge is 0.278 e. The van der Waals surface area contributed by atoms with Crippen molar-refractivity contribution < 1.29 is 0 Å². The first kappa shape index (κ1) is 23.4. The Hall–Kier alpha value is -5.28. The first-order valence-electron chi connectivity index (χ1n) is 14.5. The lowest BCUT2D eigenvalue weighted by Gasteiger charge is -2.21. The molecule has 9 rings (SSSR count). The zero-order valence-corrected chi connectivity index (χ0v) is 23.5. The highest BCUT2D eigenvalue weighted by Gasteiger charge is 2.35. The van der Waals surface area contributed by atoms with Crippen LogP contribution in [0.3, 0.4) is 0 Å². The molecular weight excluding hydrogens is 510 g/mol. The maximum absolute atomic E-state index is 5.36. The van der Waals surface area contributed by atoms with Gasteiger partial charge in [0.05, 0.1) is 22.2 Å². The molecule has 0 saturated carbocycles. The molecule has 6 aromatic carbocycles. The van der Waals surface area contributed by atoms with Crippen LogP contribution in [0.15, 0.2) is 127 Å². The van der Waals surface area contributed by atoms with E-state index in [2.05, 4.69) is 146 Å². The number of para-hydroxylation sites is 2. The normalized spacial score (nSPS) is 13.7. The molecule has 0 amide bonds. The molecular formula is C39H27N3. The van der Waals surface area contributed by atoms with E-state index in [-0.39, 0.29) is 5.41 Å². The van der Waals surface area contributed by atoms with Gasteiger partial charge in [-0.05, 0) is 63.4 Å². The number of aromatic nitrogens is 3. The summed E-state index contributed by atoms with van der Waals surface area (Å²) in [5, 5.41) is 5.90. The molecule has 0 bridgehead atoms. The highest BCUT2D eigenvalue weighted by molar-refractivity contribution is 6.13. The van der Waals surface area contributed by atoms with Crippen molar-refractivity contribution in [1.29, 1.82) is 0 Å². The van der Waals surface area contributed by atoms with Gasteiger partial charge < -0.3 is 0 Å². The van der Waals surface area contributed by atoms with Gasteiger partial charge in [-0.25, -0.2) is 9.97 Å². The second-order valence-electron chi connectivity index (χ2n) is 11.9. The third-order valence-corrected chi connectivity index (χ3v) is 9.19. The Morgan fingerprint density at radius 1 is 0.524 bits per heavy atom. The van der Waals surface area contributed by atoms with Crippen LogP contribution in [0.5, 0.6) is 0 Å². The maximum atomic E-state index is 5.36. The van der Waals surface area contributed by atoms with Crippen molar-refractivity contribution in [2.45, 2.75) is 19.3 Å². The molecule has 42 heavy (non-hydrogen) atoms. The molecule has 0 spiro atoms. The number of benzene rings is 6. The predicted molar refractivity (Wildman–Crippen MR) is 174 cm³/mol. The Morgan fingerprint density at radius 2 is 1.21 bits per heavy atom. The molecule has 8 aromatic rings. The topological polar surface area (TPSA) is 30.7 Å². The Morgan fingerprint density at radius 3 is 2.10 bits per heavy atom. The number of hydrogen-bond acceptors (Lipinski definition) is 2. The van der Waals surface area contributed by atoms with Gasteiger partial charge in [-0.1, -0.05) is 111 Å². The zero-order chi connectivity index (χ0) is 28.0. The van der Waals surface area contributed by atoms with Crippen molar-refractivity contribution in [3.8, 4) is 28.3 Å². The minimum absolute atomic E-state index is 0.0326. The fraction of sp³-hybridized carbons (Fsp3) is 0.0769. The SMILES string of the molecule is CC1(C)c2ccccc2-c2cc(-c3nc(-n4c5ccccc5c5cc6ccccc6cc54)nc4ccccc34)ccc21. The second kappa shape index (κ2) is 8.37. The second-order valence-corrected chi connectivity index (χ2v) is 11.9. The lowest BCUT2D eigenvalue weighted by atomic mass is 9.82. The van der Waals surface area contributed by atoms with E-state index in [1.807, 2.05) is 0 Å². The molecule has 0 atom stereocenters. The Balaban J connectivity index is 1.35. The molecule has 2 heterocycles. The van der Waals surface area contributed by atoms with Crippen LogP contribution in [-0.2, 0) is 5.41 Å². The number of nitrogens with zero attached hydrogens (tertiary/aromatic N) is 3. The van der Waals surface area contributed by atoms with E-state index in [1.165, 1.54) is 43.8 Å². The first-order chi connectivity index (χ1) is 20.6. The molecule has 0 unspecified atom stereocenters. The van der Waals surface area contributed by atoms with Gasteiger partial charge in [0.1, 0.15) is 0 Å². The van der Waals surface area contributed by atoms with Gasteiger partial charge in [-0.2, -0.15) is 0 Å². The van der Waals surface area contributed by atoms with Crippen molar-refractivity contribution in [2.75, 3.05) is 0 Å². The van der Waals surface area contributed by atoms with Crippen molar-refractivity contribution >= 4 is 43.5 Å². The predicted octanol–water partition coefficient (Wildman–Crippen LogP) is 9.85. The van der Waals surface area contributed by atoms with E-state index in [4.69, 9.17) is 9.97 Å². The molecule has 1 aliphatic carbocycles. The third-order valence-electron chi connectivity index (χ3n) is 9.19. The smallest absolute Gasteiger partial charge is 0.235 e. The quantitative estimate of drug-likeness (QED) is 0.220. The van der Waals surface area contributed by atoms with E-state index in [0.717, 1.165) is 33.2 Å². The summed E-state index contributed by atoms with van der Waals surface area (Å²) in [5.41, 5.74) is 10.5.